The second-order valence-electron chi connectivity index (χ2n) is 5.74. The highest BCUT2D eigenvalue weighted by molar-refractivity contribution is 5.96. The van der Waals surface area contributed by atoms with Crippen LogP contribution in [-0.2, 0) is 0 Å². The Morgan fingerprint density at radius 3 is 2.65 bits per heavy atom. The first-order valence-corrected chi connectivity index (χ1v) is 7.15. The summed E-state index contributed by atoms with van der Waals surface area (Å²) in [4.78, 5) is 13.8. The molecule has 2 rings (SSSR count). The molecule has 1 aromatic carbocycles. The summed E-state index contributed by atoms with van der Waals surface area (Å²) in [6.07, 6.45) is 1.61. The van der Waals surface area contributed by atoms with Gasteiger partial charge in [-0.2, -0.15) is 0 Å². The third kappa shape index (κ3) is 4.05. The van der Waals surface area contributed by atoms with Crippen molar-refractivity contribution in [3.8, 4) is 5.75 Å². The van der Waals surface area contributed by atoms with E-state index in [4.69, 9.17) is 4.74 Å². The minimum atomic E-state index is -0.515. The fourth-order valence-corrected chi connectivity index (χ4v) is 2.43. The lowest BCUT2D eigenvalue weighted by molar-refractivity contribution is -0.00770. The molecule has 110 valence electrons. The summed E-state index contributed by atoms with van der Waals surface area (Å²) in [5, 5.41) is 9.90. The number of nitrogens with zero attached hydrogens (tertiary/aromatic N) is 1. The van der Waals surface area contributed by atoms with Crippen molar-refractivity contribution in [2.45, 2.75) is 32.3 Å². The number of carbonyl (C=O) groups is 1. The quantitative estimate of drug-likeness (QED) is 0.838. The molecule has 1 aliphatic heterocycles. The highest BCUT2D eigenvalue weighted by Crippen LogP contribution is 2.21. The van der Waals surface area contributed by atoms with E-state index in [2.05, 4.69) is 4.90 Å². The van der Waals surface area contributed by atoms with E-state index in [-0.39, 0.29) is 5.78 Å². The van der Waals surface area contributed by atoms with Crippen LogP contribution in [-0.4, -0.2) is 47.6 Å². The van der Waals surface area contributed by atoms with E-state index < -0.39 is 5.60 Å². The Labute approximate surface area is 120 Å². The molecule has 1 saturated heterocycles. The van der Waals surface area contributed by atoms with Crippen molar-refractivity contribution in [2.75, 3.05) is 26.2 Å². The molecule has 0 atom stereocenters. The van der Waals surface area contributed by atoms with Gasteiger partial charge in [-0.3, -0.25) is 9.69 Å². The summed E-state index contributed by atoms with van der Waals surface area (Å²) in [6.45, 7) is 6.61. The molecule has 1 heterocycles. The maximum absolute atomic E-state index is 11.5. The zero-order chi connectivity index (χ0) is 14.6. The van der Waals surface area contributed by atoms with Gasteiger partial charge in [0.1, 0.15) is 12.4 Å². The molecule has 1 N–H and O–H groups in total. The summed E-state index contributed by atoms with van der Waals surface area (Å²) in [6, 6.07) is 7.34. The highest BCUT2D eigenvalue weighted by Gasteiger charge is 2.26. The number of likely N-dealkylation sites (tertiary alicyclic amines) is 1. The summed E-state index contributed by atoms with van der Waals surface area (Å²) in [5.41, 5.74) is 0.118. The standard InChI is InChI=1S/C16H23NO3/c1-13(18)14-5-3-4-6-15(14)20-12-11-17-9-7-16(2,19)8-10-17/h3-6,19H,7-12H2,1-2H3. The average molecular weight is 277 g/mol. The number of rotatable bonds is 5. The van der Waals surface area contributed by atoms with Gasteiger partial charge in [0.15, 0.2) is 5.78 Å². The second kappa shape index (κ2) is 6.37. The van der Waals surface area contributed by atoms with Gasteiger partial charge in [0.25, 0.3) is 0 Å². The largest absolute Gasteiger partial charge is 0.491 e. The lowest BCUT2D eigenvalue weighted by Crippen LogP contribution is -2.43. The van der Waals surface area contributed by atoms with E-state index >= 15 is 0 Å². The number of para-hydroxylation sites is 1. The Hall–Kier alpha value is -1.39. The number of Topliss-reactive ketones (excluding diaryl/α,β-unsaturated/α-hetero) is 1. The van der Waals surface area contributed by atoms with Crippen molar-refractivity contribution < 1.29 is 14.6 Å². The molecular formula is C16H23NO3. The molecule has 1 fully saturated rings. The summed E-state index contributed by atoms with van der Waals surface area (Å²) in [7, 11) is 0. The number of carbonyl (C=O) groups excluding carboxylic acids is 1. The Morgan fingerprint density at radius 1 is 1.35 bits per heavy atom. The van der Waals surface area contributed by atoms with Crippen LogP contribution in [0.3, 0.4) is 0 Å². The fraction of sp³-hybridized carbons (Fsp3) is 0.562. The van der Waals surface area contributed by atoms with Gasteiger partial charge in [-0.15, -0.1) is 0 Å². The third-order valence-electron chi connectivity index (χ3n) is 3.86. The zero-order valence-corrected chi connectivity index (χ0v) is 12.3. The van der Waals surface area contributed by atoms with Gasteiger partial charge < -0.3 is 9.84 Å². The predicted molar refractivity (Wildman–Crippen MR) is 78.2 cm³/mol. The maximum atomic E-state index is 11.5. The van der Waals surface area contributed by atoms with Crippen LogP contribution in [0.4, 0.5) is 0 Å². The number of piperidine rings is 1. The molecule has 1 aliphatic rings. The van der Waals surface area contributed by atoms with Crippen molar-refractivity contribution in [1.82, 2.24) is 4.90 Å². The van der Waals surface area contributed by atoms with E-state index in [9.17, 15) is 9.90 Å². The van der Waals surface area contributed by atoms with E-state index in [1.54, 1.807) is 13.0 Å². The summed E-state index contributed by atoms with van der Waals surface area (Å²) < 4.78 is 5.73. The number of hydrogen-bond donors (Lipinski definition) is 1. The first-order chi connectivity index (χ1) is 9.48. The maximum Gasteiger partial charge on any atom is 0.163 e. The molecule has 0 saturated carbocycles. The second-order valence-corrected chi connectivity index (χ2v) is 5.74. The fourth-order valence-electron chi connectivity index (χ4n) is 2.43. The van der Waals surface area contributed by atoms with Crippen LogP contribution < -0.4 is 4.74 Å². The van der Waals surface area contributed by atoms with Crippen molar-refractivity contribution in [3.05, 3.63) is 29.8 Å². The number of hydrogen-bond acceptors (Lipinski definition) is 4. The van der Waals surface area contributed by atoms with E-state index in [0.717, 1.165) is 32.5 Å². The molecule has 0 unspecified atom stereocenters. The van der Waals surface area contributed by atoms with Crippen LogP contribution in [0, 0.1) is 0 Å². The molecule has 4 heteroatoms. The minimum Gasteiger partial charge on any atom is -0.491 e. The van der Waals surface area contributed by atoms with Crippen LogP contribution in [0.2, 0.25) is 0 Å². The van der Waals surface area contributed by atoms with Crippen LogP contribution in [0.15, 0.2) is 24.3 Å². The highest BCUT2D eigenvalue weighted by atomic mass is 16.5. The van der Waals surface area contributed by atoms with Gasteiger partial charge in [0.05, 0.1) is 11.2 Å². The van der Waals surface area contributed by atoms with Gasteiger partial charge in [-0.05, 0) is 38.8 Å². The van der Waals surface area contributed by atoms with Gasteiger partial charge in [-0.25, -0.2) is 0 Å². The van der Waals surface area contributed by atoms with Gasteiger partial charge in [-0.1, -0.05) is 12.1 Å². The first kappa shape index (κ1) is 15.0. The summed E-state index contributed by atoms with van der Waals surface area (Å²) in [5.74, 6) is 0.679. The predicted octanol–water partition coefficient (Wildman–Crippen LogP) is 2.11. The normalized spacial score (nSPS) is 18.8. The van der Waals surface area contributed by atoms with Crippen LogP contribution in [0.5, 0.6) is 5.75 Å². The van der Waals surface area contributed by atoms with Crippen molar-refractivity contribution in [1.29, 1.82) is 0 Å². The van der Waals surface area contributed by atoms with Crippen molar-refractivity contribution >= 4 is 5.78 Å². The van der Waals surface area contributed by atoms with Crippen LogP contribution in [0.25, 0.3) is 0 Å². The zero-order valence-electron chi connectivity index (χ0n) is 12.3. The van der Waals surface area contributed by atoms with Crippen molar-refractivity contribution in [3.63, 3.8) is 0 Å². The Morgan fingerprint density at radius 2 is 2.00 bits per heavy atom. The lowest BCUT2D eigenvalue weighted by atomic mass is 9.94. The molecule has 0 spiro atoms. The SMILES string of the molecule is CC(=O)c1ccccc1OCCN1CCC(C)(O)CC1. The average Bonchev–Trinajstić information content (AvgIpc) is 2.41. The minimum absolute atomic E-state index is 0.0228. The Kier molecular flexibility index (Phi) is 4.78. The van der Waals surface area contributed by atoms with Gasteiger partial charge >= 0.3 is 0 Å². The number of aliphatic hydroxyl groups is 1. The smallest absolute Gasteiger partial charge is 0.163 e. The molecule has 0 amide bonds. The number of ether oxygens (including phenoxy) is 1. The summed E-state index contributed by atoms with van der Waals surface area (Å²) >= 11 is 0. The molecular weight excluding hydrogens is 254 g/mol. The number of ketones is 1. The first-order valence-electron chi connectivity index (χ1n) is 7.15. The molecule has 4 nitrogen and oxygen atoms in total. The Bertz CT molecular complexity index is 461. The van der Waals surface area contributed by atoms with Gasteiger partial charge in [0, 0.05) is 19.6 Å². The molecule has 1 aromatic rings. The molecule has 20 heavy (non-hydrogen) atoms. The Balaban J connectivity index is 1.81. The van der Waals surface area contributed by atoms with E-state index in [1.165, 1.54) is 0 Å². The van der Waals surface area contributed by atoms with E-state index in [0.29, 0.717) is 17.9 Å². The monoisotopic (exact) mass is 277 g/mol. The van der Waals surface area contributed by atoms with Crippen molar-refractivity contribution in [2.24, 2.45) is 0 Å². The lowest BCUT2D eigenvalue weighted by Gasteiger charge is -2.35. The van der Waals surface area contributed by atoms with Crippen LogP contribution in [0.1, 0.15) is 37.0 Å². The van der Waals surface area contributed by atoms with Crippen LogP contribution >= 0.6 is 0 Å². The van der Waals surface area contributed by atoms with E-state index in [1.807, 2.05) is 25.1 Å². The molecule has 0 radical (unpaired) electrons. The molecule has 0 aromatic heterocycles. The third-order valence-corrected chi connectivity index (χ3v) is 3.86. The molecule has 0 aliphatic carbocycles. The van der Waals surface area contributed by atoms with Gasteiger partial charge in [0.2, 0.25) is 0 Å². The molecule has 0 bridgehead atoms. The number of benzene rings is 1. The topological polar surface area (TPSA) is 49.8 Å².